The molecule has 1 atom stereocenters. The number of ether oxygens (including phenoxy) is 1. The summed E-state index contributed by atoms with van der Waals surface area (Å²) in [6.07, 6.45) is 0. The maximum atomic E-state index is 13.3. The zero-order valence-electron chi connectivity index (χ0n) is 18.3. The molecule has 8 heteroatoms. The number of aliphatic hydroxyl groups excluding tert-OH is 1. The summed E-state index contributed by atoms with van der Waals surface area (Å²) < 4.78 is 6.99. The van der Waals surface area contributed by atoms with Gasteiger partial charge in [-0.05, 0) is 42.8 Å². The van der Waals surface area contributed by atoms with Gasteiger partial charge < -0.3 is 9.84 Å². The van der Waals surface area contributed by atoms with Crippen molar-refractivity contribution in [2.45, 2.75) is 13.0 Å². The van der Waals surface area contributed by atoms with E-state index in [1.165, 1.54) is 16.2 Å². The van der Waals surface area contributed by atoms with E-state index in [0.717, 1.165) is 14.7 Å². The number of thiazole rings is 1. The Hall–Kier alpha value is -3.49. The summed E-state index contributed by atoms with van der Waals surface area (Å²) in [4.78, 5) is 32.6. The highest BCUT2D eigenvalue weighted by Crippen LogP contribution is 2.44. The smallest absolute Gasteiger partial charge is 0.301 e. The van der Waals surface area contributed by atoms with E-state index in [4.69, 9.17) is 4.74 Å². The maximum Gasteiger partial charge on any atom is 0.301 e. The first-order valence-corrected chi connectivity index (χ1v) is 12.1. The third kappa shape index (κ3) is 3.78. The maximum absolute atomic E-state index is 13.3. The largest absolute Gasteiger partial charge is 0.507 e. The van der Waals surface area contributed by atoms with Crippen LogP contribution in [0.15, 0.2) is 76.8 Å². The standard InChI is InChI=1S/C26H19BrN2O4S/c1-14-3-5-16(6-4-14)23(30)21-22(15-7-9-17(27)10-8-15)29(25(32)24(21)31)26-28-19-12-11-18(33-2)13-20(19)34-26/h3-13,22,30H,1-2H3/t22-/m0/s1. The molecule has 0 saturated carbocycles. The number of carbonyl (C=O) groups is 2. The quantitative estimate of drug-likeness (QED) is 0.197. The van der Waals surface area contributed by atoms with Crippen molar-refractivity contribution in [1.82, 2.24) is 4.98 Å². The number of rotatable bonds is 4. The zero-order valence-corrected chi connectivity index (χ0v) is 20.7. The third-order valence-corrected chi connectivity index (χ3v) is 7.29. The fraction of sp³-hybridized carbons (Fsp3) is 0.115. The van der Waals surface area contributed by atoms with E-state index in [1.807, 2.05) is 55.5 Å². The van der Waals surface area contributed by atoms with Crippen LogP contribution in [0, 0.1) is 6.92 Å². The van der Waals surface area contributed by atoms with Gasteiger partial charge >= 0.3 is 5.91 Å². The number of benzene rings is 3. The van der Waals surface area contributed by atoms with Gasteiger partial charge in [0.2, 0.25) is 0 Å². The van der Waals surface area contributed by atoms with E-state index >= 15 is 0 Å². The van der Waals surface area contributed by atoms with Crippen molar-refractivity contribution in [3.8, 4) is 5.75 Å². The molecule has 3 aromatic carbocycles. The first kappa shape index (κ1) is 22.3. The topological polar surface area (TPSA) is 79.7 Å². The van der Waals surface area contributed by atoms with Crippen LogP contribution >= 0.6 is 27.3 Å². The van der Waals surface area contributed by atoms with Gasteiger partial charge in [0.25, 0.3) is 5.78 Å². The summed E-state index contributed by atoms with van der Waals surface area (Å²) in [6.45, 7) is 1.94. The molecule has 1 N–H and O–H groups in total. The van der Waals surface area contributed by atoms with Crippen LogP contribution < -0.4 is 9.64 Å². The van der Waals surface area contributed by atoms with Crippen LogP contribution in [0.1, 0.15) is 22.7 Å². The molecule has 1 aliphatic rings. The molecule has 5 rings (SSSR count). The Labute approximate surface area is 208 Å². The lowest BCUT2D eigenvalue weighted by Crippen LogP contribution is -2.29. The van der Waals surface area contributed by atoms with Gasteiger partial charge in [0.05, 0.1) is 28.9 Å². The molecular formula is C26H19BrN2O4S. The highest BCUT2D eigenvalue weighted by Gasteiger charge is 2.48. The van der Waals surface area contributed by atoms with Crippen molar-refractivity contribution in [2.75, 3.05) is 12.0 Å². The third-order valence-electron chi connectivity index (χ3n) is 5.75. The molecule has 4 aromatic rings. The Morgan fingerprint density at radius 1 is 1.06 bits per heavy atom. The fourth-order valence-corrected chi connectivity index (χ4v) is 5.27. The predicted octanol–water partition coefficient (Wildman–Crippen LogP) is 6.00. The highest BCUT2D eigenvalue weighted by molar-refractivity contribution is 9.10. The second-order valence-corrected chi connectivity index (χ2v) is 9.84. The highest BCUT2D eigenvalue weighted by atomic mass is 79.9. The summed E-state index contributed by atoms with van der Waals surface area (Å²) >= 11 is 4.72. The summed E-state index contributed by atoms with van der Waals surface area (Å²) in [6, 6.07) is 19.1. The van der Waals surface area contributed by atoms with Gasteiger partial charge in [0.1, 0.15) is 11.5 Å². The first-order chi connectivity index (χ1) is 16.4. The summed E-state index contributed by atoms with van der Waals surface area (Å²) in [5, 5.41) is 11.6. The molecule has 1 fully saturated rings. The normalized spacial score (nSPS) is 17.5. The van der Waals surface area contributed by atoms with Crippen LogP contribution in [0.2, 0.25) is 0 Å². The number of Topliss-reactive ketones (excluding diaryl/α,β-unsaturated/α-hetero) is 1. The van der Waals surface area contributed by atoms with Gasteiger partial charge in [0, 0.05) is 10.0 Å². The number of hydrogen-bond donors (Lipinski definition) is 1. The Kier molecular flexibility index (Phi) is 5.71. The average molecular weight is 535 g/mol. The molecule has 0 bridgehead atoms. The Balaban J connectivity index is 1.71. The van der Waals surface area contributed by atoms with Crippen molar-refractivity contribution in [1.29, 1.82) is 0 Å². The van der Waals surface area contributed by atoms with E-state index in [2.05, 4.69) is 20.9 Å². The van der Waals surface area contributed by atoms with Gasteiger partial charge in [-0.3, -0.25) is 14.5 Å². The van der Waals surface area contributed by atoms with Crippen LogP contribution in [0.4, 0.5) is 5.13 Å². The van der Waals surface area contributed by atoms with Crippen LogP contribution in [-0.4, -0.2) is 28.9 Å². The number of nitrogens with zero attached hydrogens (tertiary/aromatic N) is 2. The molecule has 34 heavy (non-hydrogen) atoms. The Morgan fingerprint density at radius 3 is 2.44 bits per heavy atom. The number of fused-ring (bicyclic) bond motifs is 1. The average Bonchev–Trinajstić information content (AvgIpc) is 3.37. The number of ketones is 1. The second-order valence-electron chi connectivity index (χ2n) is 7.92. The Morgan fingerprint density at radius 2 is 1.76 bits per heavy atom. The van der Waals surface area contributed by atoms with Gasteiger partial charge in [-0.2, -0.15) is 0 Å². The molecule has 0 radical (unpaired) electrons. The van der Waals surface area contributed by atoms with E-state index < -0.39 is 17.7 Å². The van der Waals surface area contributed by atoms with Gasteiger partial charge in [-0.25, -0.2) is 4.98 Å². The van der Waals surface area contributed by atoms with Crippen molar-refractivity contribution in [3.63, 3.8) is 0 Å². The van der Waals surface area contributed by atoms with Crippen molar-refractivity contribution in [2.24, 2.45) is 0 Å². The predicted molar refractivity (Wildman–Crippen MR) is 136 cm³/mol. The molecule has 0 unspecified atom stereocenters. The van der Waals surface area contributed by atoms with Crippen LogP contribution in [0.3, 0.4) is 0 Å². The van der Waals surface area contributed by atoms with Crippen LogP contribution in [0.25, 0.3) is 16.0 Å². The molecule has 1 aliphatic heterocycles. The SMILES string of the molecule is COc1ccc2nc(N3C(=O)C(=O)C(=C(O)c4ccc(C)cc4)[C@@H]3c3ccc(Br)cc3)sc2c1. The number of amides is 1. The minimum Gasteiger partial charge on any atom is -0.507 e. The number of methoxy groups -OCH3 is 1. The van der Waals surface area contributed by atoms with Crippen LogP contribution in [-0.2, 0) is 9.59 Å². The summed E-state index contributed by atoms with van der Waals surface area (Å²) in [7, 11) is 1.58. The summed E-state index contributed by atoms with van der Waals surface area (Å²) in [5.74, 6) is -1.01. The zero-order chi connectivity index (χ0) is 24.0. The van der Waals surface area contributed by atoms with E-state index in [0.29, 0.717) is 27.5 Å². The molecule has 0 spiro atoms. The number of aryl methyl sites for hydroxylation is 1. The fourth-order valence-electron chi connectivity index (χ4n) is 3.98. The van der Waals surface area contributed by atoms with Gasteiger partial charge in [0.15, 0.2) is 5.13 Å². The number of halogens is 1. The number of aliphatic hydroxyl groups is 1. The number of carbonyl (C=O) groups excluding carboxylic acids is 2. The molecule has 1 aromatic heterocycles. The number of aromatic nitrogens is 1. The minimum atomic E-state index is -0.822. The molecule has 170 valence electrons. The van der Waals surface area contributed by atoms with Crippen molar-refractivity contribution < 1.29 is 19.4 Å². The van der Waals surface area contributed by atoms with Gasteiger partial charge in [-0.15, -0.1) is 0 Å². The molecular weight excluding hydrogens is 516 g/mol. The lowest BCUT2D eigenvalue weighted by molar-refractivity contribution is -0.132. The molecule has 6 nitrogen and oxygen atoms in total. The van der Waals surface area contributed by atoms with Crippen molar-refractivity contribution in [3.05, 3.63) is 93.5 Å². The van der Waals surface area contributed by atoms with E-state index in [9.17, 15) is 14.7 Å². The minimum absolute atomic E-state index is 0.0352. The molecule has 2 heterocycles. The summed E-state index contributed by atoms with van der Waals surface area (Å²) in [5.41, 5.74) is 2.91. The number of anilines is 1. The second kappa shape index (κ2) is 8.70. The van der Waals surface area contributed by atoms with Crippen molar-refractivity contribution >= 4 is 60.1 Å². The first-order valence-electron chi connectivity index (χ1n) is 10.5. The lowest BCUT2D eigenvalue weighted by Gasteiger charge is -2.23. The molecule has 0 aliphatic carbocycles. The van der Waals surface area contributed by atoms with Crippen LogP contribution in [0.5, 0.6) is 5.75 Å². The monoisotopic (exact) mass is 534 g/mol. The molecule has 1 saturated heterocycles. The lowest BCUT2D eigenvalue weighted by atomic mass is 9.95. The Bertz CT molecular complexity index is 1460. The molecule has 1 amide bonds. The van der Waals surface area contributed by atoms with Gasteiger partial charge in [-0.1, -0.05) is 69.2 Å². The van der Waals surface area contributed by atoms with E-state index in [-0.39, 0.29) is 11.3 Å². The van der Waals surface area contributed by atoms with E-state index in [1.54, 1.807) is 25.3 Å². The number of hydrogen-bond acceptors (Lipinski definition) is 6.